The first-order valence-corrected chi connectivity index (χ1v) is 7.80. The maximum atomic E-state index is 13.0. The van der Waals surface area contributed by atoms with Crippen molar-refractivity contribution in [2.45, 2.75) is 6.92 Å². The Kier molecular flexibility index (Phi) is 4.00. The molecule has 0 radical (unpaired) electrons. The van der Waals surface area contributed by atoms with E-state index in [1.54, 1.807) is 7.11 Å². The van der Waals surface area contributed by atoms with Crippen LogP contribution in [0.1, 0.15) is 15.9 Å². The van der Waals surface area contributed by atoms with Crippen LogP contribution in [0.2, 0.25) is 0 Å². The quantitative estimate of drug-likeness (QED) is 0.722. The molecule has 0 N–H and O–H groups in total. The summed E-state index contributed by atoms with van der Waals surface area (Å²) in [4.78, 5) is 17.0. The molecule has 4 nitrogen and oxygen atoms in total. The number of carbonyl (C=O) groups is 1. The number of rotatable bonds is 2. The maximum Gasteiger partial charge on any atom is 0.279 e. The Morgan fingerprint density at radius 3 is 2.57 bits per heavy atom. The first-order chi connectivity index (χ1) is 11.0. The average Bonchev–Trinajstić information content (AvgIpc) is 2.87. The number of nitrogens with zero attached hydrogens (tertiary/aromatic N) is 2. The van der Waals surface area contributed by atoms with Gasteiger partial charge >= 0.3 is 0 Å². The third kappa shape index (κ3) is 2.77. The molecule has 0 saturated carbocycles. The van der Waals surface area contributed by atoms with Crippen molar-refractivity contribution in [1.29, 1.82) is 0 Å². The first-order valence-electron chi connectivity index (χ1n) is 6.99. The summed E-state index contributed by atoms with van der Waals surface area (Å²) in [7, 11) is 3.46. The van der Waals surface area contributed by atoms with Crippen molar-refractivity contribution in [2.24, 2.45) is 12.0 Å². The average molecular weight is 330 g/mol. The van der Waals surface area contributed by atoms with E-state index in [0.717, 1.165) is 21.5 Å². The van der Waals surface area contributed by atoms with E-state index in [-0.39, 0.29) is 5.82 Å². The molecule has 3 rings (SSSR count). The topological polar surface area (TPSA) is 43.6 Å². The number of hydrogen-bond acceptors (Lipinski definition) is 3. The highest BCUT2D eigenvalue weighted by Crippen LogP contribution is 2.29. The summed E-state index contributed by atoms with van der Waals surface area (Å²) in [6.45, 7) is 2.00. The lowest BCUT2D eigenvalue weighted by Gasteiger charge is -2.05. The lowest BCUT2D eigenvalue weighted by atomic mass is 10.2. The molecule has 0 aliphatic heterocycles. The van der Waals surface area contributed by atoms with E-state index in [1.165, 1.54) is 35.6 Å². The summed E-state index contributed by atoms with van der Waals surface area (Å²) in [6.07, 6.45) is 0. The van der Waals surface area contributed by atoms with Crippen LogP contribution in [0.5, 0.6) is 5.75 Å². The van der Waals surface area contributed by atoms with Crippen LogP contribution < -0.4 is 9.54 Å². The smallest absolute Gasteiger partial charge is 0.279 e. The van der Waals surface area contributed by atoms with Crippen LogP contribution in [0.3, 0.4) is 0 Å². The molecule has 1 aromatic heterocycles. The number of methoxy groups -OCH3 is 1. The number of hydrogen-bond donors (Lipinski definition) is 0. The molecule has 118 valence electrons. The zero-order valence-electron chi connectivity index (χ0n) is 13.0. The van der Waals surface area contributed by atoms with E-state index in [1.807, 2.05) is 30.7 Å². The van der Waals surface area contributed by atoms with Crippen LogP contribution >= 0.6 is 11.3 Å². The second-order valence-corrected chi connectivity index (χ2v) is 6.11. The van der Waals surface area contributed by atoms with Gasteiger partial charge in [-0.25, -0.2) is 4.39 Å². The monoisotopic (exact) mass is 330 g/mol. The van der Waals surface area contributed by atoms with Gasteiger partial charge in [0.15, 0.2) is 4.80 Å². The molecule has 0 fully saturated rings. The highest BCUT2D eigenvalue weighted by atomic mass is 32.1. The molecule has 23 heavy (non-hydrogen) atoms. The molecule has 0 aliphatic carbocycles. The van der Waals surface area contributed by atoms with Gasteiger partial charge in [-0.2, -0.15) is 4.99 Å². The third-order valence-electron chi connectivity index (χ3n) is 3.62. The van der Waals surface area contributed by atoms with Crippen molar-refractivity contribution in [2.75, 3.05) is 7.11 Å². The number of halogens is 1. The third-order valence-corrected chi connectivity index (χ3v) is 4.88. The standard InChI is InChI=1S/C17H15FN2O2S/c1-10-4-9-13(22-3)14-15(10)23-17(20(14)2)19-16(21)11-5-7-12(18)8-6-11/h4-9H,1-3H3. The van der Waals surface area contributed by atoms with Crippen molar-refractivity contribution in [3.05, 3.63) is 58.1 Å². The number of aryl methyl sites for hydroxylation is 2. The van der Waals surface area contributed by atoms with Gasteiger partial charge in [-0.3, -0.25) is 4.79 Å². The van der Waals surface area contributed by atoms with Crippen LogP contribution in [0.25, 0.3) is 10.2 Å². The molecular formula is C17H15FN2O2S. The van der Waals surface area contributed by atoms with Crippen molar-refractivity contribution in [3.8, 4) is 5.75 Å². The predicted octanol–water partition coefficient (Wildman–Crippen LogP) is 3.44. The second kappa shape index (κ2) is 5.96. The summed E-state index contributed by atoms with van der Waals surface area (Å²) in [5, 5.41) is 0. The number of ether oxygens (including phenoxy) is 1. The minimum atomic E-state index is -0.399. The highest BCUT2D eigenvalue weighted by molar-refractivity contribution is 7.16. The molecule has 0 saturated heterocycles. The number of carbonyl (C=O) groups excluding carboxylic acids is 1. The summed E-state index contributed by atoms with van der Waals surface area (Å²) in [6, 6.07) is 9.24. The Labute approximate surface area is 136 Å². The number of benzene rings is 2. The van der Waals surface area contributed by atoms with Gasteiger partial charge in [0.1, 0.15) is 17.1 Å². The zero-order valence-corrected chi connectivity index (χ0v) is 13.8. The van der Waals surface area contributed by atoms with Gasteiger partial charge in [0.05, 0.1) is 11.8 Å². The zero-order chi connectivity index (χ0) is 16.6. The van der Waals surface area contributed by atoms with Crippen molar-refractivity contribution in [1.82, 2.24) is 4.57 Å². The Morgan fingerprint density at radius 2 is 1.91 bits per heavy atom. The number of aromatic nitrogens is 1. The van der Waals surface area contributed by atoms with E-state index >= 15 is 0 Å². The number of amides is 1. The van der Waals surface area contributed by atoms with Gasteiger partial charge in [0.25, 0.3) is 5.91 Å². The predicted molar refractivity (Wildman–Crippen MR) is 88.4 cm³/mol. The van der Waals surface area contributed by atoms with E-state index in [4.69, 9.17) is 4.74 Å². The summed E-state index contributed by atoms with van der Waals surface area (Å²) in [5.74, 6) is -0.0434. The Hall–Kier alpha value is -2.47. The molecular weight excluding hydrogens is 315 g/mol. The summed E-state index contributed by atoms with van der Waals surface area (Å²) >= 11 is 1.43. The van der Waals surface area contributed by atoms with Gasteiger partial charge < -0.3 is 9.30 Å². The summed E-state index contributed by atoms with van der Waals surface area (Å²) in [5.41, 5.74) is 2.35. The maximum absolute atomic E-state index is 13.0. The second-order valence-electron chi connectivity index (χ2n) is 5.13. The molecule has 1 heterocycles. The van der Waals surface area contributed by atoms with Gasteiger partial charge in [0.2, 0.25) is 0 Å². The van der Waals surface area contributed by atoms with Gasteiger partial charge in [-0.1, -0.05) is 17.4 Å². The first kappa shape index (κ1) is 15.4. The van der Waals surface area contributed by atoms with Gasteiger partial charge in [-0.15, -0.1) is 0 Å². The van der Waals surface area contributed by atoms with Crippen LogP contribution in [-0.2, 0) is 7.05 Å². The van der Waals surface area contributed by atoms with E-state index in [0.29, 0.717) is 10.4 Å². The van der Waals surface area contributed by atoms with E-state index in [9.17, 15) is 9.18 Å². The highest BCUT2D eigenvalue weighted by Gasteiger charge is 2.12. The molecule has 3 aromatic rings. The lowest BCUT2D eigenvalue weighted by Crippen LogP contribution is -2.13. The van der Waals surface area contributed by atoms with Gasteiger partial charge in [0, 0.05) is 12.6 Å². The number of fused-ring (bicyclic) bond motifs is 1. The fourth-order valence-electron chi connectivity index (χ4n) is 2.36. The molecule has 0 spiro atoms. The van der Waals surface area contributed by atoms with Crippen LogP contribution in [-0.4, -0.2) is 17.6 Å². The SMILES string of the molecule is COc1ccc(C)c2sc(=NC(=O)c3ccc(F)cc3)n(C)c12. The molecule has 0 bridgehead atoms. The molecule has 6 heteroatoms. The van der Waals surface area contributed by atoms with Crippen molar-refractivity contribution >= 4 is 27.5 Å². The molecule has 0 unspecified atom stereocenters. The fraction of sp³-hybridized carbons (Fsp3) is 0.176. The summed E-state index contributed by atoms with van der Waals surface area (Å²) < 4.78 is 21.2. The van der Waals surface area contributed by atoms with Gasteiger partial charge in [-0.05, 0) is 42.8 Å². The van der Waals surface area contributed by atoms with Crippen LogP contribution in [0.4, 0.5) is 4.39 Å². The van der Waals surface area contributed by atoms with Crippen LogP contribution in [0, 0.1) is 12.7 Å². The van der Waals surface area contributed by atoms with E-state index < -0.39 is 5.91 Å². The fourth-order valence-corrected chi connectivity index (χ4v) is 3.46. The minimum absolute atomic E-state index is 0.354. The normalized spacial score (nSPS) is 11.9. The molecule has 0 atom stereocenters. The van der Waals surface area contributed by atoms with Crippen molar-refractivity contribution < 1.29 is 13.9 Å². The number of thiazole rings is 1. The Balaban J connectivity index is 2.16. The molecule has 1 amide bonds. The lowest BCUT2D eigenvalue weighted by molar-refractivity contribution is 0.0998. The molecule has 0 aliphatic rings. The van der Waals surface area contributed by atoms with Crippen molar-refractivity contribution in [3.63, 3.8) is 0 Å². The Bertz CT molecular complexity index is 955. The minimum Gasteiger partial charge on any atom is -0.495 e. The van der Waals surface area contributed by atoms with E-state index in [2.05, 4.69) is 4.99 Å². The molecule has 2 aromatic carbocycles. The van der Waals surface area contributed by atoms with Crippen LogP contribution in [0.15, 0.2) is 41.4 Å². The largest absolute Gasteiger partial charge is 0.495 e. The Morgan fingerprint density at radius 1 is 1.22 bits per heavy atom.